The summed E-state index contributed by atoms with van der Waals surface area (Å²) in [6.07, 6.45) is 1.90. The molecule has 2 N–H and O–H groups in total. The normalized spacial score (nSPS) is 11.7. The Labute approximate surface area is 188 Å². The highest BCUT2D eigenvalue weighted by Gasteiger charge is 2.26. The number of hydrogen-bond donors (Lipinski definition) is 1. The maximum Gasteiger partial charge on any atom is 0.344 e. The van der Waals surface area contributed by atoms with Crippen LogP contribution in [0, 0.1) is 5.92 Å². The molecule has 0 aliphatic carbocycles. The van der Waals surface area contributed by atoms with Gasteiger partial charge < -0.3 is 10.5 Å². The first-order valence-corrected chi connectivity index (χ1v) is 11.3. The van der Waals surface area contributed by atoms with Gasteiger partial charge in [-0.05, 0) is 41.7 Å². The molecule has 0 radical (unpaired) electrons. The summed E-state index contributed by atoms with van der Waals surface area (Å²) in [5.74, 6) is 0.579. The first-order valence-electron chi connectivity index (χ1n) is 11.3. The summed E-state index contributed by atoms with van der Waals surface area (Å²) in [5, 5.41) is 0. The SMILES string of the molecule is CCC(CC)COC(=O)c1c(N)n(-c2ccc(C(C)C)cc2)c2nc3ccccc3nc12. The molecule has 0 atom stereocenters. The number of benzene rings is 2. The fourth-order valence-electron chi connectivity index (χ4n) is 3.92. The maximum absolute atomic E-state index is 13.2. The number of fused-ring (bicyclic) bond motifs is 2. The van der Waals surface area contributed by atoms with Crippen LogP contribution in [-0.4, -0.2) is 27.1 Å². The number of carbonyl (C=O) groups is 1. The van der Waals surface area contributed by atoms with Gasteiger partial charge in [0.2, 0.25) is 0 Å². The third-order valence-electron chi connectivity index (χ3n) is 6.12. The van der Waals surface area contributed by atoms with E-state index < -0.39 is 5.97 Å². The number of esters is 1. The number of anilines is 1. The monoisotopic (exact) mass is 430 g/mol. The topological polar surface area (TPSA) is 83.0 Å². The van der Waals surface area contributed by atoms with Gasteiger partial charge in [-0.25, -0.2) is 14.8 Å². The van der Waals surface area contributed by atoms with Crippen LogP contribution < -0.4 is 5.73 Å². The fraction of sp³-hybridized carbons (Fsp3) is 0.346. The quantitative estimate of drug-likeness (QED) is 0.371. The maximum atomic E-state index is 13.2. The minimum Gasteiger partial charge on any atom is -0.462 e. The van der Waals surface area contributed by atoms with Crippen molar-refractivity contribution in [1.29, 1.82) is 0 Å². The third kappa shape index (κ3) is 3.93. The molecule has 2 heterocycles. The molecule has 0 bridgehead atoms. The first kappa shape index (κ1) is 21.8. The summed E-state index contributed by atoms with van der Waals surface area (Å²) in [5.41, 5.74) is 11.4. The molecule has 4 rings (SSSR count). The van der Waals surface area contributed by atoms with E-state index in [-0.39, 0.29) is 5.56 Å². The number of nitrogens with two attached hydrogens (primary N) is 1. The Kier molecular flexibility index (Phi) is 6.12. The van der Waals surface area contributed by atoms with Crippen molar-refractivity contribution in [1.82, 2.24) is 14.5 Å². The lowest BCUT2D eigenvalue weighted by atomic mass is 10.0. The minimum absolute atomic E-state index is 0.275. The van der Waals surface area contributed by atoms with E-state index in [2.05, 4.69) is 39.8 Å². The Bertz CT molecular complexity index is 1250. The summed E-state index contributed by atoms with van der Waals surface area (Å²) in [6, 6.07) is 15.8. The van der Waals surface area contributed by atoms with Crippen LogP contribution in [0.4, 0.5) is 5.82 Å². The molecular weight excluding hydrogens is 400 g/mol. The number of carbonyl (C=O) groups excluding carboxylic acids is 1. The zero-order valence-corrected chi connectivity index (χ0v) is 19.1. The van der Waals surface area contributed by atoms with Crippen molar-refractivity contribution in [3.05, 3.63) is 59.7 Å². The van der Waals surface area contributed by atoms with E-state index in [9.17, 15) is 4.79 Å². The molecule has 32 heavy (non-hydrogen) atoms. The average Bonchev–Trinajstić information content (AvgIpc) is 3.08. The molecule has 4 aromatic rings. The highest BCUT2D eigenvalue weighted by Crippen LogP contribution is 2.32. The van der Waals surface area contributed by atoms with Crippen LogP contribution in [0.3, 0.4) is 0 Å². The van der Waals surface area contributed by atoms with Crippen molar-refractivity contribution in [2.75, 3.05) is 12.3 Å². The standard InChI is InChI=1S/C26H30N4O2/c1-5-17(6-2)15-32-26(31)22-23-25(29-21-10-8-7-9-20(21)28-23)30(24(22)27)19-13-11-18(12-14-19)16(3)4/h7-14,16-17H,5-6,15,27H2,1-4H3. The number of nitrogens with zero attached hydrogens (tertiary/aromatic N) is 3. The Morgan fingerprint density at radius 3 is 2.22 bits per heavy atom. The molecule has 2 aromatic carbocycles. The van der Waals surface area contributed by atoms with Crippen molar-refractivity contribution in [3.63, 3.8) is 0 Å². The van der Waals surface area contributed by atoms with Gasteiger partial charge in [0, 0.05) is 5.69 Å². The second-order valence-electron chi connectivity index (χ2n) is 8.51. The van der Waals surface area contributed by atoms with Crippen LogP contribution in [0.2, 0.25) is 0 Å². The molecule has 2 aromatic heterocycles. The lowest BCUT2D eigenvalue weighted by Gasteiger charge is -2.13. The molecule has 0 spiro atoms. The van der Waals surface area contributed by atoms with Crippen LogP contribution in [0.5, 0.6) is 0 Å². The predicted molar refractivity (Wildman–Crippen MR) is 129 cm³/mol. The summed E-state index contributed by atoms with van der Waals surface area (Å²) < 4.78 is 7.47. The van der Waals surface area contributed by atoms with Crippen molar-refractivity contribution in [2.45, 2.75) is 46.5 Å². The molecule has 0 aliphatic rings. The molecule has 6 heteroatoms. The van der Waals surface area contributed by atoms with Crippen molar-refractivity contribution in [2.24, 2.45) is 5.92 Å². The number of nitrogen functional groups attached to an aromatic ring is 1. The molecule has 0 aliphatic heterocycles. The highest BCUT2D eigenvalue weighted by atomic mass is 16.5. The van der Waals surface area contributed by atoms with Gasteiger partial charge in [-0.15, -0.1) is 0 Å². The van der Waals surface area contributed by atoms with Crippen molar-refractivity contribution < 1.29 is 9.53 Å². The predicted octanol–water partition coefficient (Wildman–Crippen LogP) is 5.87. The van der Waals surface area contributed by atoms with Crippen LogP contribution >= 0.6 is 0 Å². The lowest BCUT2D eigenvalue weighted by Crippen LogP contribution is -2.15. The Balaban J connectivity index is 1.88. The first-order chi connectivity index (χ1) is 15.4. The van der Waals surface area contributed by atoms with E-state index in [1.54, 1.807) is 4.57 Å². The second kappa shape index (κ2) is 8.99. The van der Waals surface area contributed by atoms with Crippen molar-refractivity contribution in [3.8, 4) is 5.69 Å². The van der Waals surface area contributed by atoms with Gasteiger partial charge in [0.15, 0.2) is 5.65 Å². The molecule has 0 fully saturated rings. The number of aromatic nitrogens is 3. The van der Waals surface area contributed by atoms with Gasteiger partial charge in [-0.3, -0.25) is 4.57 Å². The third-order valence-corrected chi connectivity index (χ3v) is 6.12. The zero-order chi connectivity index (χ0) is 22.8. The van der Waals surface area contributed by atoms with E-state index >= 15 is 0 Å². The van der Waals surface area contributed by atoms with E-state index in [0.717, 1.165) is 24.0 Å². The van der Waals surface area contributed by atoms with Crippen LogP contribution in [0.15, 0.2) is 48.5 Å². The van der Waals surface area contributed by atoms with Crippen LogP contribution in [0.1, 0.15) is 62.4 Å². The number of rotatable bonds is 7. The van der Waals surface area contributed by atoms with Gasteiger partial charge in [-0.2, -0.15) is 0 Å². The van der Waals surface area contributed by atoms with Gasteiger partial charge in [0.25, 0.3) is 0 Å². The number of ether oxygens (including phenoxy) is 1. The molecule has 166 valence electrons. The zero-order valence-electron chi connectivity index (χ0n) is 19.1. The molecule has 6 nitrogen and oxygen atoms in total. The summed E-state index contributed by atoms with van der Waals surface area (Å²) >= 11 is 0. The molecular formula is C26H30N4O2. The smallest absolute Gasteiger partial charge is 0.344 e. The van der Waals surface area contributed by atoms with Gasteiger partial charge in [-0.1, -0.05) is 64.8 Å². The van der Waals surface area contributed by atoms with Gasteiger partial charge in [0.05, 0.1) is 17.6 Å². The second-order valence-corrected chi connectivity index (χ2v) is 8.51. The summed E-state index contributed by atoms with van der Waals surface area (Å²) in [7, 11) is 0. The van der Waals surface area contributed by atoms with Crippen LogP contribution in [0.25, 0.3) is 27.9 Å². The van der Waals surface area contributed by atoms with E-state index in [0.29, 0.717) is 40.9 Å². The summed E-state index contributed by atoms with van der Waals surface area (Å²) in [6.45, 7) is 8.86. The molecule has 0 unspecified atom stereocenters. The molecule has 0 saturated carbocycles. The number of hydrogen-bond acceptors (Lipinski definition) is 5. The average molecular weight is 431 g/mol. The molecule has 0 amide bonds. The van der Waals surface area contributed by atoms with Crippen LogP contribution in [-0.2, 0) is 4.74 Å². The Morgan fingerprint density at radius 1 is 1.00 bits per heavy atom. The van der Waals surface area contributed by atoms with Crippen molar-refractivity contribution >= 4 is 34.0 Å². The number of para-hydroxylation sites is 2. The highest BCUT2D eigenvalue weighted by molar-refractivity contribution is 6.09. The Hall–Kier alpha value is -3.41. The van der Waals surface area contributed by atoms with Gasteiger partial charge >= 0.3 is 5.97 Å². The minimum atomic E-state index is -0.457. The summed E-state index contributed by atoms with van der Waals surface area (Å²) in [4.78, 5) is 22.7. The Morgan fingerprint density at radius 2 is 1.62 bits per heavy atom. The lowest BCUT2D eigenvalue weighted by molar-refractivity contribution is 0.0436. The van der Waals surface area contributed by atoms with E-state index in [1.165, 1.54) is 5.56 Å². The van der Waals surface area contributed by atoms with Gasteiger partial charge in [0.1, 0.15) is 16.9 Å². The van der Waals surface area contributed by atoms with E-state index in [4.69, 9.17) is 20.4 Å². The van der Waals surface area contributed by atoms with E-state index in [1.807, 2.05) is 36.4 Å². The largest absolute Gasteiger partial charge is 0.462 e. The fourth-order valence-corrected chi connectivity index (χ4v) is 3.92. The molecule has 0 saturated heterocycles.